The molecule has 1 aliphatic carbocycles. The number of benzene rings is 1. The molecule has 1 aromatic heterocycles. The van der Waals surface area contributed by atoms with Crippen LogP contribution in [-0.4, -0.2) is 63.3 Å². The van der Waals surface area contributed by atoms with Crippen molar-refractivity contribution in [2.45, 2.75) is 43.8 Å². The summed E-state index contributed by atoms with van der Waals surface area (Å²) in [5.74, 6) is -1.57. The van der Waals surface area contributed by atoms with Crippen LogP contribution in [0.4, 0.5) is 23.8 Å². The van der Waals surface area contributed by atoms with E-state index in [0.717, 1.165) is 29.7 Å². The summed E-state index contributed by atoms with van der Waals surface area (Å²) in [5, 5.41) is 10.9. The zero-order valence-corrected chi connectivity index (χ0v) is 17.4. The zero-order chi connectivity index (χ0) is 22.8. The lowest BCUT2D eigenvalue weighted by Crippen LogP contribution is -2.67. The van der Waals surface area contributed by atoms with E-state index < -0.39 is 23.7 Å². The molecule has 0 bridgehead atoms. The van der Waals surface area contributed by atoms with Crippen LogP contribution in [0.1, 0.15) is 32.1 Å². The van der Waals surface area contributed by atoms with Crippen LogP contribution in [0.25, 0.3) is 11.3 Å². The highest BCUT2D eigenvalue weighted by molar-refractivity contribution is 5.89. The lowest BCUT2D eigenvalue weighted by Gasteiger charge is -2.52. The lowest BCUT2D eigenvalue weighted by molar-refractivity contribution is -0.196. The molecule has 170 valence electrons. The monoisotopic (exact) mass is 447 g/mol. The second kappa shape index (κ2) is 8.76. The van der Waals surface area contributed by atoms with Crippen LogP contribution in [0, 0.1) is 0 Å². The van der Waals surface area contributed by atoms with Gasteiger partial charge in [0, 0.05) is 25.2 Å². The third-order valence-corrected chi connectivity index (χ3v) is 6.18. The number of carbonyl (C=O) groups excluding carboxylic acids is 2. The van der Waals surface area contributed by atoms with Crippen LogP contribution < -0.4 is 5.32 Å². The van der Waals surface area contributed by atoms with Crippen LogP contribution in [0.3, 0.4) is 0 Å². The van der Waals surface area contributed by atoms with Crippen LogP contribution in [-0.2, 0) is 4.79 Å². The molecule has 0 radical (unpaired) electrons. The number of anilines is 1. The number of aromatic nitrogens is 2. The maximum atomic E-state index is 13.2. The number of carbonyl (C=O) groups is 2. The van der Waals surface area contributed by atoms with Gasteiger partial charge in [-0.2, -0.15) is 13.2 Å². The molecule has 1 spiro atoms. The normalized spacial score (nSPS) is 18.5. The standard InChI is InChI=1S/C22H24F3N5O2/c23-22(24,25)19(31)30-14-13-29(15-21(30)11-5-2-6-12-21)20(32)26-18-10-9-17(27-28-18)16-7-3-1-4-8-16/h1,3-4,7-10H,2,5-6,11-15H2,(H,26,28,32). The Morgan fingerprint density at radius 1 is 0.938 bits per heavy atom. The molecule has 1 aromatic carbocycles. The van der Waals surface area contributed by atoms with Crippen molar-refractivity contribution < 1.29 is 22.8 Å². The Balaban J connectivity index is 1.46. The van der Waals surface area contributed by atoms with Gasteiger partial charge in [-0.25, -0.2) is 4.79 Å². The van der Waals surface area contributed by atoms with E-state index in [9.17, 15) is 22.8 Å². The van der Waals surface area contributed by atoms with Crippen LogP contribution >= 0.6 is 0 Å². The molecule has 1 saturated heterocycles. The highest BCUT2D eigenvalue weighted by atomic mass is 19.4. The van der Waals surface area contributed by atoms with Gasteiger partial charge in [0.25, 0.3) is 0 Å². The summed E-state index contributed by atoms with van der Waals surface area (Å²) >= 11 is 0. The summed E-state index contributed by atoms with van der Waals surface area (Å²) in [7, 11) is 0. The first-order chi connectivity index (χ1) is 15.3. The summed E-state index contributed by atoms with van der Waals surface area (Å²) < 4.78 is 39.5. The van der Waals surface area contributed by atoms with Gasteiger partial charge in [0.1, 0.15) is 0 Å². The number of alkyl halides is 3. The van der Waals surface area contributed by atoms with Crippen molar-refractivity contribution in [1.82, 2.24) is 20.0 Å². The quantitative estimate of drug-likeness (QED) is 0.752. The average molecular weight is 447 g/mol. The second-order valence-corrected chi connectivity index (χ2v) is 8.26. The van der Waals surface area contributed by atoms with Crippen molar-refractivity contribution >= 4 is 17.8 Å². The Labute approximate surface area is 183 Å². The molecule has 0 atom stereocenters. The summed E-state index contributed by atoms with van der Waals surface area (Å²) in [4.78, 5) is 27.3. The molecular formula is C22H24F3N5O2. The average Bonchev–Trinajstić information content (AvgIpc) is 2.79. The Morgan fingerprint density at radius 3 is 2.28 bits per heavy atom. The van der Waals surface area contributed by atoms with Gasteiger partial charge in [0.15, 0.2) is 5.82 Å². The lowest BCUT2D eigenvalue weighted by atomic mass is 9.78. The third-order valence-electron chi connectivity index (χ3n) is 6.18. The van der Waals surface area contributed by atoms with E-state index in [1.807, 2.05) is 30.3 Å². The van der Waals surface area contributed by atoms with E-state index >= 15 is 0 Å². The fourth-order valence-electron chi connectivity index (χ4n) is 4.61. The number of rotatable bonds is 2. The predicted molar refractivity (Wildman–Crippen MR) is 112 cm³/mol. The predicted octanol–water partition coefficient (Wildman–Crippen LogP) is 4.08. The summed E-state index contributed by atoms with van der Waals surface area (Å²) in [6.07, 6.45) is -1.67. The fourth-order valence-corrected chi connectivity index (χ4v) is 4.61. The third kappa shape index (κ3) is 4.53. The topological polar surface area (TPSA) is 78.4 Å². The van der Waals surface area contributed by atoms with Crippen molar-refractivity contribution in [3.05, 3.63) is 42.5 Å². The SMILES string of the molecule is O=C(Nc1ccc(-c2ccccc2)nn1)N1CCN(C(=O)C(F)(F)F)C2(CCCCC2)C1. The maximum absolute atomic E-state index is 13.2. The molecule has 2 aromatic rings. The van der Waals surface area contributed by atoms with Crippen LogP contribution in [0.15, 0.2) is 42.5 Å². The molecule has 32 heavy (non-hydrogen) atoms. The largest absolute Gasteiger partial charge is 0.471 e. The smallest absolute Gasteiger partial charge is 0.326 e. The number of urea groups is 1. The number of hydrogen-bond donors (Lipinski definition) is 1. The first-order valence-electron chi connectivity index (χ1n) is 10.6. The first kappa shape index (κ1) is 22.0. The summed E-state index contributed by atoms with van der Waals surface area (Å²) in [5.41, 5.74) is 0.565. The molecule has 10 heteroatoms. The van der Waals surface area contributed by atoms with Gasteiger partial charge in [-0.3, -0.25) is 10.1 Å². The van der Waals surface area contributed by atoms with Crippen molar-refractivity contribution in [1.29, 1.82) is 0 Å². The molecule has 2 aliphatic rings. The molecule has 1 aliphatic heterocycles. The van der Waals surface area contributed by atoms with Crippen molar-refractivity contribution in [3.63, 3.8) is 0 Å². The first-order valence-corrected chi connectivity index (χ1v) is 10.6. The molecule has 4 rings (SSSR count). The molecule has 7 nitrogen and oxygen atoms in total. The van der Waals surface area contributed by atoms with E-state index in [0.29, 0.717) is 18.5 Å². The molecule has 1 N–H and O–H groups in total. The van der Waals surface area contributed by atoms with Crippen LogP contribution in [0.2, 0.25) is 0 Å². The van der Waals surface area contributed by atoms with Gasteiger partial charge >= 0.3 is 18.1 Å². The van der Waals surface area contributed by atoms with E-state index in [1.165, 1.54) is 4.90 Å². The number of nitrogens with one attached hydrogen (secondary N) is 1. The molecule has 3 amide bonds. The highest BCUT2D eigenvalue weighted by Gasteiger charge is 2.53. The summed E-state index contributed by atoms with van der Waals surface area (Å²) in [6.45, 7) is -0.0640. The number of piperazine rings is 1. The molecular weight excluding hydrogens is 423 g/mol. The minimum absolute atomic E-state index is 0.0188. The summed E-state index contributed by atoms with van der Waals surface area (Å²) in [6, 6.07) is 12.4. The Kier molecular flexibility index (Phi) is 6.03. The van der Waals surface area contributed by atoms with Crippen molar-refractivity contribution in [3.8, 4) is 11.3 Å². The number of amides is 3. The van der Waals surface area contributed by atoms with Gasteiger partial charge in [-0.1, -0.05) is 49.6 Å². The number of hydrogen-bond acceptors (Lipinski definition) is 4. The van der Waals surface area contributed by atoms with Gasteiger partial charge in [0.05, 0.1) is 11.2 Å². The Bertz CT molecular complexity index is 960. The molecule has 0 unspecified atom stereocenters. The molecule has 1 saturated carbocycles. The van der Waals surface area contributed by atoms with E-state index in [-0.39, 0.29) is 25.5 Å². The van der Waals surface area contributed by atoms with E-state index in [4.69, 9.17) is 0 Å². The van der Waals surface area contributed by atoms with Gasteiger partial charge < -0.3 is 9.80 Å². The second-order valence-electron chi connectivity index (χ2n) is 8.26. The number of nitrogens with zero attached hydrogens (tertiary/aromatic N) is 4. The minimum Gasteiger partial charge on any atom is -0.326 e. The van der Waals surface area contributed by atoms with Crippen molar-refractivity contribution in [2.75, 3.05) is 25.0 Å². The zero-order valence-electron chi connectivity index (χ0n) is 17.4. The number of halogens is 3. The van der Waals surface area contributed by atoms with Gasteiger partial charge in [0.2, 0.25) is 0 Å². The fraction of sp³-hybridized carbons (Fsp3) is 0.455. The van der Waals surface area contributed by atoms with E-state index in [2.05, 4.69) is 15.5 Å². The Morgan fingerprint density at radius 2 is 1.66 bits per heavy atom. The maximum Gasteiger partial charge on any atom is 0.471 e. The molecule has 2 heterocycles. The van der Waals surface area contributed by atoms with Crippen molar-refractivity contribution in [2.24, 2.45) is 0 Å². The minimum atomic E-state index is -4.93. The Hall–Kier alpha value is -3.17. The van der Waals surface area contributed by atoms with Gasteiger partial charge in [-0.15, -0.1) is 10.2 Å². The van der Waals surface area contributed by atoms with Crippen LogP contribution in [0.5, 0.6) is 0 Å². The highest BCUT2D eigenvalue weighted by Crippen LogP contribution is 2.39. The van der Waals surface area contributed by atoms with E-state index in [1.54, 1.807) is 12.1 Å². The van der Waals surface area contributed by atoms with Gasteiger partial charge in [-0.05, 0) is 25.0 Å². The molecule has 2 fully saturated rings.